The number of likely N-dealkylation sites (tertiary alicyclic amines) is 1. The van der Waals surface area contributed by atoms with Gasteiger partial charge in [-0.05, 0) is 50.1 Å². The summed E-state index contributed by atoms with van der Waals surface area (Å²) in [6.07, 6.45) is 8.55. The zero-order valence-electron chi connectivity index (χ0n) is 13.7. The van der Waals surface area contributed by atoms with E-state index in [1.165, 1.54) is 5.56 Å². The average Bonchev–Trinajstić information content (AvgIpc) is 2.56. The van der Waals surface area contributed by atoms with Crippen LogP contribution >= 0.6 is 0 Å². The maximum absolute atomic E-state index is 12.2. The molecule has 0 aromatic heterocycles. The fourth-order valence-corrected chi connectivity index (χ4v) is 3.27. The Balaban J connectivity index is 1.63. The summed E-state index contributed by atoms with van der Waals surface area (Å²) in [5.41, 5.74) is 6.90. The fourth-order valence-electron chi connectivity index (χ4n) is 3.27. The van der Waals surface area contributed by atoms with Crippen molar-refractivity contribution in [2.75, 3.05) is 19.6 Å². The maximum atomic E-state index is 12.2. The van der Waals surface area contributed by atoms with Gasteiger partial charge >= 0.3 is 0 Å². The molecule has 2 N–H and O–H groups in total. The van der Waals surface area contributed by atoms with Crippen LogP contribution in [0.4, 0.5) is 0 Å². The van der Waals surface area contributed by atoms with E-state index in [0.29, 0.717) is 12.3 Å². The van der Waals surface area contributed by atoms with Gasteiger partial charge in [0, 0.05) is 19.5 Å². The zero-order valence-corrected chi connectivity index (χ0v) is 13.7. The van der Waals surface area contributed by atoms with Crippen molar-refractivity contribution < 1.29 is 4.79 Å². The van der Waals surface area contributed by atoms with E-state index in [4.69, 9.17) is 5.73 Å². The standard InChI is InChI=1S/C19H30N2O/c20-13-7-2-1-6-10-19(22)21-14-11-18(12-15-21)16-17-8-4-3-5-9-17/h3-5,8-9,18H,1-2,6-7,10-16,20H2. The smallest absolute Gasteiger partial charge is 0.222 e. The monoisotopic (exact) mass is 302 g/mol. The predicted molar refractivity (Wildman–Crippen MR) is 91.6 cm³/mol. The molecule has 1 aromatic carbocycles. The molecule has 0 aliphatic carbocycles. The lowest BCUT2D eigenvalue weighted by atomic mass is 9.90. The lowest BCUT2D eigenvalue weighted by Gasteiger charge is -2.32. The van der Waals surface area contributed by atoms with Crippen LogP contribution in [0.15, 0.2) is 30.3 Å². The second-order valence-electron chi connectivity index (χ2n) is 6.47. The number of benzene rings is 1. The van der Waals surface area contributed by atoms with E-state index in [2.05, 4.69) is 35.2 Å². The van der Waals surface area contributed by atoms with Gasteiger partial charge in [0.2, 0.25) is 5.91 Å². The van der Waals surface area contributed by atoms with Crippen molar-refractivity contribution >= 4 is 5.91 Å². The minimum Gasteiger partial charge on any atom is -0.343 e. The number of carbonyl (C=O) groups excluding carboxylic acids is 1. The van der Waals surface area contributed by atoms with Crippen molar-refractivity contribution in [3.05, 3.63) is 35.9 Å². The largest absolute Gasteiger partial charge is 0.343 e. The zero-order chi connectivity index (χ0) is 15.6. The third-order valence-electron chi connectivity index (χ3n) is 4.68. The summed E-state index contributed by atoms with van der Waals surface area (Å²) in [4.78, 5) is 14.3. The Kier molecular flexibility index (Phi) is 7.44. The molecule has 22 heavy (non-hydrogen) atoms. The highest BCUT2D eigenvalue weighted by Crippen LogP contribution is 2.22. The number of amides is 1. The van der Waals surface area contributed by atoms with Gasteiger partial charge in [0.15, 0.2) is 0 Å². The summed E-state index contributed by atoms with van der Waals surface area (Å²) in [5.74, 6) is 1.09. The van der Waals surface area contributed by atoms with Gasteiger partial charge in [-0.15, -0.1) is 0 Å². The highest BCUT2D eigenvalue weighted by molar-refractivity contribution is 5.76. The molecule has 3 nitrogen and oxygen atoms in total. The third kappa shape index (κ3) is 5.80. The van der Waals surface area contributed by atoms with Crippen molar-refractivity contribution in [2.45, 2.75) is 51.4 Å². The number of rotatable bonds is 8. The normalized spacial score (nSPS) is 16.0. The van der Waals surface area contributed by atoms with E-state index in [1.807, 2.05) is 0 Å². The molecule has 1 saturated heterocycles. The molecule has 1 aliphatic heterocycles. The summed E-state index contributed by atoms with van der Waals surface area (Å²) in [6, 6.07) is 10.7. The van der Waals surface area contributed by atoms with Crippen molar-refractivity contribution in [3.63, 3.8) is 0 Å². The van der Waals surface area contributed by atoms with Crippen molar-refractivity contribution in [3.8, 4) is 0 Å². The Labute approximate surface area is 134 Å². The second-order valence-corrected chi connectivity index (χ2v) is 6.47. The molecular weight excluding hydrogens is 272 g/mol. The van der Waals surface area contributed by atoms with Gasteiger partial charge in [0.1, 0.15) is 0 Å². The number of hydrogen-bond donors (Lipinski definition) is 1. The Hall–Kier alpha value is -1.35. The molecule has 0 saturated carbocycles. The van der Waals surface area contributed by atoms with Gasteiger partial charge in [-0.2, -0.15) is 0 Å². The molecule has 1 amide bonds. The van der Waals surface area contributed by atoms with Gasteiger partial charge in [-0.1, -0.05) is 43.2 Å². The molecule has 1 aromatic rings. The van der Waals surface area contributed by atoms with Crippen LogP contribution in [0.1, 0.15) is 50.5 Å². The minimum absolute atomic E-state index is 0.353. The number of nitrogens with two attached hydrogens (primary N) is 1. The van der Waals surface area contributed by atoms with Crippen molar-refractivity contribution in [1.82, 2.24) is 4.90 Å². The Morgan fingerprint density at radius 3 is 2.41 bits per heavy atom. The SMILES string of the molecule is NCCCCCCC(=O)N1CCC(Cc2ccccc2)CC1. The number of carbonyl (C=O) groups is 1. The molecule has 0 spiro atoms. The summed E-state index contributed by atoms with van der Waals surface area (Å²) < 4.78 is 0. The fraction of sp³-hybridized carbons (Fsp3) is 0.632. The Morgan fingerprint density at radius 1 is 1.05 bits per heavy atom. The average molecular weight is 302 g/mol. The van der Waals surface area contributed by atoms with E-state index in [9.17, 15) is 4.79 Å². The van der Waals surface area contributed by atoms with Gasteiger partial charge in [-0.3, -0.25) is 4.79 Å². The molecular formula is C19H30N2O. The quantitative estimate of drug-likeness (QED) is 0.748. The van der Waals surface area contributed by atoms with Crippen LogP contribution in [0.25, 0.3) is 0 Å². The number of unbranched alkanes of at least 4 members (excludes halogenated alkanes) is 3. The molecule has 0 bridgehead atoms. The first-order valence-corrected chi connectivity index (χ1v) is 8.81. The highest BCUT2D eigenvalue weighted by atomic mass is 16.2. The topological polar surface area (TPSA) is 46.3 Å². The first-order valence-electron chi connectivity index (χ1n) is 8.81. The Morgan fingerprint density at radius 2 is 1.73 bits per heavy atom. The first kappa shape index (κ1) is 17.0. The number of nitrogens with zero attached hydrogens (tertiary/aromatic N) is 1. The number of piperidine rings is 1. The van der Waals surface area contributed by atoms with Crippen molar-refractivity contribution in [1.29, 1.82) is 0 Å². The summed E-state index contributed by atoms with van der Waals surface area (Å²) >= 11 is 0. The van der Waals surface area contributed by atoms with Crippen LogP contribution in [-0.2, 0) is 11.2 Å². The van der Waals surface area contributed by atoms with Gasteiger partial charge in [-0.25, -0.2) is 0 Å². The van der Waals surface area contributed by atoms with Crippen LogP contribution in [0.3, 0.4) is 0 Å². The molecule has 0 atom stereocenters. The van der Waals surface area contributed by atoms with E-state index in [0.717, 1.165) is 70.5 Å². The van der Waals surface area contributed by atoms with Crippen LogP contribution in [-0.4, -0.2) is 30.4 Å². The number of hydrogen-bond acceptors (Lipinski definition) is 2. The maximum Gasteiger partial charge on any atom is 0.222 e. The molecule has 122 valence electrons. The molecule has 0 radical (unpaired) electrons. The summed E-state index contributed by atoms with van der Waals surface area (Å²) in [5, 5.41) is 0. The first-order chi connectivity index (χ1) is 10.8. The molecule has 0 unspecified atom stereocenters. The van der Waals surface area contributed by atoms with Crippen LogP contribution in [0.5, 0.6) is 0 Å². The lowest BCUT2D eigenvalue weighted by Crippen LogP contribution is -2.38. The molecule has 2 rings (SSSR count). The second kappa shape index (κ2) is 9.62. The van der Waals surface area contributed by atoms with Crippen LogP contribution < -0.4 is 5.73 Å². The summed E-state index contributed by atoms with van der Waals surface area (Å²) in [6.45, 7) is 2.65. The molecule has 1 heterocycles. The van der Waals surface area contributed by atoms with Gasteiger partial charge < -0.3 is 10.6 Å². The van der Waals surface area contributed by atoms with Gasteiger partial charge in [0.05, 0.1) is 0 Å². The van der Waals surface area contributed by atoms with E-state index < -0.39 is 0 Å². The van der Waals surface area contributed by atoms with Gasteiger partial charge in [0.25, 0.3) is 0 Å². The van der Waals surface area contributed by atoms with Crippen LogP contribution in [0.2, 0.25) is 0 Å². The lowest BCUT2D eigenvalue weighted by molar-refractivity contribution is -0.132. The Bertz CT molecular complexity index is 424. The highest BCUT2D eigenvalue weighted by Gasteiger charge is 2.22. The molecule has 1 aliphatic rings. The molecule has 1 fully saturated rings. The van der Waals surface area contributed by atoms with E-state index in [-0.39, 0.29) is 0 Å². The molecule has 3 heteroatoms. The third-order valence-corrected chi connectivity index (χ3v) is 4.68. The minimum atomic E-state index is 0.353. The summed E-state index contributed by atoms with van der Waals surface area (Å²) in [7, 11) is 0. The predicted octanol–water partition coefficient (Wildman–Crippen LogP) is 3.38. The van der Waals surface area contributed by atoms with Crippen LogP contribution in [0, 0.1) is 5.92 Å². The van der Waals surface area contributed by atoms with E-state index >= 15 is 0 Å². The van der Waals surface area contributed by atoms with Crippen molar-refractivity contribution in [2.24, 2.45) is 11.7 Å². The van der Waals surface area contributed by atoms with E-state index in [1.54, 1.807) is 0 Å².